The van der Waals surface area contributed by atoms with Crippen molar-refractivity contribution in [3.05, 3.63) is 29.2 Å². The summed E-state index contributed by atoms with van der Waals surface area (Å²) in [5.74, 6) is 0. The first-order valence-electron chi connectivity index (χ1n) is 4.38. The zero-order valence-corrected chi connectivity index (χ0v) is 11.6. The van der Waals surface area contributed by atoms with Gasteiger partial charge in [-0.05, 0) is 13.8 Å². The van der Waals surface area contributed by atoms with E-state index in [1.165, 1.54) is 0 Å². The minimum atomic E-state index is -0.281. The standard InChI is InChI=1S/C9H12N3O2.2ClH.Cu/c1-6(11-13)8-4-3-5-9(10-8)7(2)12-14;;;/h3-5,8,13-14H,1-2H3;2*1H;/q-1;;;+2/p-2. The molecule has 17 heavy (non-hydrogen) atoms. The van der Waals surface area contributed by atoms with E-state index in [2.05, 4.69) is 35.8 Å². The molecule has 1 atom stereocenters. The van der Waals surface area contributed by atoms with Crippen LogP contribution in [0.1, 0.15) is 13.8 Å². The molecule has 2 N–H and O–H groups in total. The normalized spacial score (nSPS) is 20.2. The number of rotatable bonds is 2. The Bertz CT molecular complexity index is 356. The van der Waals surface area contributed by atoms with Crippen molar-refractivity contribution in [1.82, 2.24) is 0 Å². The van der Waals surface area contributed by atoms with Gasteiger partial charge in [0.25, 0.3) is 0 Å². The summed E-state index contributed by atoms with van der Waals surface area (Å²) in [4.78, 5) is 0. The Labute approximate surface area is 114 Å². The second-order valence-corrected chi connectivity index (χ2v) is 4.54. The van der Waals surface area contributed by atoms with Gasteiger partial charge in [-0.25, -0.2) is 0 Å². The topological polar surface area (TPSA) is 79.3 Å². The van der Waals surface area contributed by atoms with Crippen LogP contribution in [0.2, 0.25) is 0 Å². The maximum atomic E-state index is 8.56. The van der Waals surface area contributed by atoms with Crippen molar-refractivity contribution in [3.8, 4) is 0 Å². The van der Waals surface area contributed by atoms with E-state index >= 15 is 0 Å². The molecular weight excluding hydrogens is 317 g/mol. The van der Waals surface area contributed by atoms with Crippen LogP contribution < -0.4 is 0 Å². The van der Waals surface area contributed by atoms with E-state index in [0.717, 1.165) is 13.1 Å². The average molecular weight is 329 g/mol. The molecule has 0 spiro atoms. The monoisotopic (exact) mass is 327 g/mol. The fourth-order valence-corrected chi connectivity index (χ4v) is 1.04. The summed E-state index contributed by atoms with van der Waals surface area (Å²) in [7, 11) is 9.34. The molecule has 0 amide bonds. The van der Waals surface area contributed by atoms with Crippen LogP contribution in [0.4, 0.5) is 0 Å². The number of halogens is 2. The first kappa shape index (κ1) is 16.3. The van der Waals surface area contributed by atoms with Crippen LogP contribution in [0.15, 0.2) is 34.2 Å². The fourth-order valence-electron chi connectivity index (χ4n) is 1.04. The molecule has 0 aromatic rings. The van der Waals surface area contributed by atoms with Crippen molar-refractivity contribution in [2.45, 2.75) is 19.9 Å². The van der Waals surface area contributed by atoms with E-state index in [0.29, 0.717) is 17.1 Å². The van der Waals surface area contributed by atoms with Crippen LogP contribution in [0.25, 0.3) is 5.32 Å². The van der Waals surface area contributed by atoms with Crippen molar-refractivity contribution in [2.75, 3.05) is 0 Å². The summed E-state index contributed by atoms with van der Waals surface area (Å²) in [6.07, 6.45) is 5.32. The van der Waals surface area contributed by atoms with Crippen LogP contribution in [-0.2, 0) is 13.1 Å². The predicted molar refractivity (Wildman–Crippen MR) is 65.9 cm³/mol. The van der Waals surface area contributed by atoms with Crippen LogP contribution in [-0.4, -0.2) is 27.9 Å². The Morgan fingerprint density at radius 3 is 2.41 bits per heavy atom. The minimum absolute atomic E-state index is 0.281. The van der Waals surface area contributed by atoms with Crippen LogP contribution in [0, 0.1) is 0 Å². The zero-order chi connectivity index (χ0) is 13.3. The summed E-state index contributed by atoms with van der Waals surface area (Å²) >= 11 is 0.757. The third-order valence-corrected chi connectivity index (χ3v) is 1.93. The van der Waals surface area contributed by atoms with Gasteiger partial charge in [-0.15, -0.1) is 5.70 Å². The molecule has 1 aliphatic heterocycles. The summed E-state index contributed by atoms with van der Waals surface area (Å²) in [6, 6.07) is -0.281. The van der Waals surface area contributed by atoms with Crippen LogP contribution in [0.5, 0.6) is 0 Å². The zero-order valence-electron chi connectivity index (χ0n) is 9.10. The second-order valence-electron chi connectivity index (χ2n) is 2.98. The van der Waals surface area contributed by atoms with Gasteiger partial charge >= 0.3 is 33.3 Å². The van der Waals surface area contributed by atoms with Gasteiger partial charge in [-0.1, -0.05) is 34.6 Å². The molecule has 1 rings (SSSR count). The molecule has 0 aromatic carbocycles. The molecule has 0 bridgehead atoms. The Balaban J connectivity index is 0.000000770. The molecule has 0 saturated heterocycles. The number of nitrogens with zero attached hydrogens (tertiary/aromatic N) is 3. The molecule has 101 valence electrons. The summed E-state index contributed by atoms with van der Waals surface area (Å²) in [5.41, 5.74) is 1.52. The summed E-state index contributed by atoms with van der Waals surface area (Å²) in [5, 5.41) is 27.5. The van der Waals surface area contributed by atoms with Crippen LogP contribution in [0.3, 0.4) is 0 Å². The van der Waals surface area contributed by atoms with Gasteiger partial charge in [0, 0.05) is 5.71 Å². The number of allylic oxidation sites excluding steroid dienone is 3. The molecule has 1 heterocycles. The van der Waals surface area contributed by atoms with E-state index in [9.17, 15) is 0 Å². The molecule has 0 radical (unpaired) electrons. The van der Waals surface area contributed by atoms with E-state index in [1.807, 2.05) is 0 Å². The predicted octanol–water partition coefficient (Wildman–Crippen LogP) is 3.26. The first-order chi connectivity index (χ1) is 8.10. The SMILES string of the molecule is CC(=NO)C1=CC=CC(C(C)=NO)[N-]1.[Cl][Cu][Cl]. The van der Waals surface area contributed by atoms with Crippen molar-refractivity contribution < 1.29 is 23.5 Å². The van der Waals surface area contributed by atoms with Crippen molar-refractivity contribution in [3.63, 3.8) is 0 Å². The van der Waals surface area contributed by atoms with Gasteiger partial charge in [0.15, 0.2) is 0 Å². The molecule has 0 fully saturated rings. The van der Waals surface area contributed by atoms with Gasteiger partial charge in [0.1, 0.15) is 0 Å². The number of hydrogen-bond donors (Lipinski definition) is 2. The van der Waals surface area contributed by atoms with Crippen LogP contribution >= 0.6 is 20.2 Å². The van der Waals surface area contributed by atoms with Crippen molar-refractivity contribution in [1.29, 1.82) is 0 Å². The quantitative estimate of drug-likeness (QED) is 0.353. The Hall–Kier alpha value is -0.681. The number of oxime groups is 2. The molecule has 8 heteroatoms. The Morgan fingerprint density at radius 1 is 1.35 bits per heavy atom. The molecule has 5 nitrogen and oxygen atoms in total. The van der Waals surface area contributed by atoms with Gasteiger partial charge in [0.05, 0.1) is 5.71 Å². The van der Waals surface area contributed by atoms with E-state index in [-0.39, 0.29) is 6.04 Å². The van der Waals surface area contributed by atoms with E-state index < -0.39 is 0 Å². The van der Waals surface area contributed by atoms with Crippen molar-refractivity contribution >= 4 is 31.6 Å². The molecule has 0 aromatic heterocycles. The fraction of sp³-hybridized carbons (Fsp3) is 0.333. The average Bonchev–Trinajstić information content (AvgIpc) is 2.38. The van der Waals surface area contributed by atoms with E-state index in [4.69, 9.17) is 10.4 Å². The van der Waals surface area contributed by atoms with Gasteiger partial charge in [0.2, 0.25) is 0 Å². The van der Waals surface area contributed by atoms with Gasteiger partial charge in [-0.3, -0.25) is 0 Å². The summed E-state index contributed by atoms with van der Waals surface area (Å²) in [6.45, 7) is 3.32. The van der Waals surface area contributed by atoms with E-state index in [1.54, 1.807) is 32.1 Å². The van der Waals surface area contributed by atoms with Crippen molar-refractivity contribution in [2.24, 2.45) is 10.3 Å². The number of hydrogen-bond acceptors (Lipinski definition) is 4. The molecule has 1 aliphatic rings. The Kier molecular flexibility index (Phi) is 8.99. The first-order valence-corrected chi connectivity index (χ1v) is 6.98. The molecular formula is C9H12Cl2CuN3O2-. The maximum absolute atomic E-state index is 8.56. The Morgan fingerprint density at radius 2 is 1.94 bits per heavy atom. The van der Waals surface area contributed by atoms with Gasteiger partial charge < -0.3 is 15.7 Å². The molecule has 1 unspecified atom stereocenters. The molecule has 0 aliphatic carbocycles. The molecule has 0 saturated carbocycles. The third kappa shape index (κ3) is 5.98. The van der Waals surface area contributed by atoms with Gasteiger partial charge in [-0.2, -0.15) is 0 Å². The second kappa shape index (κ2) is 9.36. The third-order valence-electron chi connectivity index (χ3n) is 1.93. The summed E-state index contributed by atoms with van der Waals surface area (Å²) < 4.78 is 0.